The van der Waals surface area contributed by atoms with E-state index in [1.807, 2.05) is 0 Å². The van der Waals surface area contributed by atoms with Crippen LogP contribution in [0.1, 0.15) is 99.1 Å². The van der Waals surface area contributed by atoms with Crippen molar-refractivity contribution in [2.75, 3.05) is 19.1 Å². The highest BCUT2D eigenvalue weighted by Gasteiger charge is 2.48. The second-order valence-corrected chi connectivity index (χ2v) is 18.7. The first-order valence-electron chi connectivity index (χ1n) is 17.6. The zero-order valence-electron chi connectivity index (χ0n) is 29.5. The fourth-order valence-electron chi connectivity index (χ4n) is 7.72. The molecule has 1 saturated heterocycles. The lowest BCUT2D eigenvalue weighted by molar-refractivity contribution is -0.145. The van der Waals surface area contributed by atoms with Crippen LogP contribution in [-0.4, -0.2) is 103 Å². The van der Waals surface area contributed by atoms with Gasteiger partial charge in [0.1, 0.15) is 17.6 Å². The Morgan fingerprint density at radius 3 is 2.17 bits per heavy atom. The Balaban J connectivity index is 1.47. The van der Waals surface area contributed by atoms with Crippen molar-refractivity contribution in [2.45, 2.75) is 111 Å². The SMILES string of the molecule is CS(=O)(=O)Cc1cn(C2CC(C(=O)NC3(C(=O)C(N)=O)CCCCC3)N(C(=O)[C@@H](CC3CCCCC3)NC(=O)c3ccc(S(C)(=O)=O)cc3)C2)nn1. The first-order valence-corrected chi connectivity index (χ1v) is 21.6. The number of nitrogens with one attached hydrogen (secondary N) is 2. The number of likely N-dealkylation sites (tertiary alicyclic amines) is 1. The van der Waals surface area contributed by atoms with Gasteiger partial charge in [-0.1, -0.05) is 56.6 Å². The molecule has 0 radical (unpaired) electrons. The van der Waals surface area contributed by atoms with Gasteiger partial charge in [-0.05, 0) is 49.4 Å². The summed E-state index contributed by atoms with van der Waals surface area (Å²) in [6.07, 6.45) is 11.0. The Kier molecular flexibility index (Phi) is 11.9. The Hall–Kier alpha value is -4.19. The zero-order chi connectivity index (χ0) is 37.8. The molecule has 2 aromatic rings. The summed E-state index contributed by atoms with van der Waals surface area (Å²) >= 11 is 0. The third kappa shape index (κ3) is 9.42. The molecule has 3 aliphatic rings. The minimum absolute atomic E-state index is 0.0249. The van der Waals surface area contributed by atoms with E-state index in [9.17, 15) is 40.8 Å². The average molecular weight is 762 g/mol. The van der Waals surface area contributed by atoms with Crippen LogP contribution in [0.15, 0.2) is 35.4 Å². The first kappa shape index (κ1) is 39.0. The van der Waals surface area contributed by atoms with Gasteiger partial charge in [0.05, 0.1) is 22.4 Å². The van der Waals surface area contributed by atoms with Crippen LogP contribution in [0, 0.1) is 5.92 Å². The van der Waals surface area contributed by atoms with Gasteiger partial charge in [0, 0.05) is 37.2 Å². The van der Waals surface area contributed by atoms with Crippen molar-refractivity contribution in [3.8, 4) is 0 Å². The van der Waals surface area contributed by atoms with Gasteiger partial charge in [-0.15, -0.1) is 5.10 Å². The van der Waals surface area contributed by atoms with Crippen LogP contribution in [0.4, 0.5) is 0 Å². The van der Waals surface area contributed by atoms with Gasteiger partial charge in [0.25, 0.3) is 11.8 Å². The lowest BCUT2D eigenvalue weighted by Gasteiger charge is -2.38. The highest BCUT2D eigenvalue weighted by Crippen LogP contribution is 2.34. The van der Waals surface area contributed by atoms with Crippen LogP contribution >= 0.6 is 0 Å². The van der Waals surface area contributed by atoms with E-state index in [0.717, 1.165) is 51.0 Å². The lowest BCUT2D eigenvalue weighted by atomic mass is 9.78. The molecule has 2 heterocycles. The minimum Gasteiger partial charge on any atom is -0.363 e. The van der Waals surface area contributed by atoms with Gasteiger partial charge in [-0.2, -0.15) is 0 Å². The maximum Gasteiger partial charge on any atom is 0.287 e. The van der Waals surface area contributed by atoms with E-state index >= 15 is 0 Å². The van der Waals surface area contributed by atoms with Gasteiger partial charge in [0.2, 0.25) is 17.6 Å². The quantitative estimate of drug-likeness (QED) is 0.244. The number of rotatable bonds is 13. The summed E-state index contributed by atoms with van der Waals surface area (Å²) in [6, 6.07) is 2.54. The molecule has 2 saturated carbocycles. The van der Waals surface area contributed by atoms with Crippen LogP contribution in [0.5, 0.6) is 0 Å². The summed E-state index contributed by atoms with van der Waals surface area (Å²) in [5, 5.41) is 13.7. The van der Waals surface area contributed by atoms with E-state index in [4.69, 9.17) is 5.73 Å². The number of aromatic nitrogens is 3. The predicted molar refractivity (Wildman–Crippen MR) is 188 cm³/mol. The molecule has 1 aromatic heterocycles. The number of nitrogens with zero attached hydrogens (tertiary/aromatic N) is 4. The molecular weight excluding hydrogens is 715 g/mol. The Bertz CT molecular complexity index is 1900. The number of carbonyl (C=O) groups is 5. The largest absolute Gasteiger partial charge is 0.363 e. The smallest absolute Gasteiger partial charge is 0.287 e. The van der Waals surface area contributed by atoms with Gasteiger partial charge >= 0.3 is 0 Å². The zero-order valence-corrected chi connectivity index (χ0v) is 31.1. The Morgan fingerprint density at radius 2 is 1.58 bits per heavy atom. The first-order chi connectivity index (χ1) is 24.5. The molecule has 0 bridgehead atoms. The van der Waals surface area contributed by atoms with E-state index < -0.39 is 72.8 Å². The average Bonchev–Trinajstić information content (AvgIpc) is 3.75. The second-order valence-electron chi connectivity index (χ2n) is 14.5. The molecule has 2 aliphatic carbocycles. The number of primary amides is 1. The standard InChI is InChI=1S/C34H47N7O9S2/c1-51(47,48)21-24-19-41(39-38-24)25-18-28(32(45)37-34(29(42)30(35)43)15-7-4-8-16-34)40(20-25)33(46)27(17-22-9-5-3-6-10-22)36-31(44)23-11-13-26(14-12-23)52(2,49)50/h11-14,19,22,25,27-28H,3-10,15-18,20-21H2,1-2H3,(H2,35,43)(H,36,44)(H,37,45)/t25?,27-,28?/m1/s1. The number of Topliss-reactive ketones (excluding diaryl/α,β-unsaturated/α-hetero) is 1. The fourth-order valence-corrected chi connectivity index (χ4v) is 9.02. The van der Waals surface area contributed by atoms with E-state index in [1.54, 1.807) is 0 Å². The van der Waals surface area contributed by atoms with E-state index in [1.165, 1.54) is 40.0 Å². The van der Waals surface area contributed by atoms with E-state index in [0.29, 0.717) is 19.3 Å². The van der Waals surface area contributed by atoms with Crippen molar-refractivity contribution >= 4 is 49.1 Å². The molecule has 1 aliphatic heterocycles. The molecule has 2 unspecified atom stereocenters. The molecule has 284 valence electrons. The molecule has 4 amide bonds. The molecule has 1 aromatic carbocycles. The maximum atomic E-state index is 14.7. The number of hydrogen-bond donors (Lipinski definition) is 3. The molecule has 16 nitrogen and oxygen atoms in total. The van der Waals surface area contributed by atoms with Crippen molar-refractivity contribution in [1.29, 1.82) is 0 Å². The van der Waals surface area contributed by atoms with E-state index in [2.05, 4.69) is 20.9 Å². The summed E-state index contributed by atoms with van der Waals surface area (Å²) in [5.74, 6) is -4.10. The summed E-state index contributed by atoms with van der Waals surface area (Å²) in [5.41, 5.74) is 4.23. The molecule has 18 heteroatoms. The summed E-state index contributed by atoms with van der Waals surface area (Å²) in [6.45, 7) is -0.0462. The van der Waals surface area contributed by atoms with E-state index in [-0.39, 0.29) is 53.6 Å². The van der Waals surface area contributed by atoms with Gasteiger partial charge < -0.3 is 21.3 Å². The van der Waals surface area contributed by atoms with Crippen molar-refractivity contribution in [3.05, 3.63) is 41.7 Å². The normalized spacial score (nSPS) is 21.6. The van der Waals surface area contributed by atoms with Crippen molar-refractivity contribution < 1.29 is 40.8 Å². The molecular formula is C34H47N7O9S2. The van der Waals surface area contributed by atoms with Crippen LogP contribution in [0.25, 0.3) is 0 Å². The fraction of sp³-hybridized carbons (Fsp3) is 0.618. The highest BCUT2D eigenvalue weighted by molar-refractivity contribution is 7.90. The van der Waals surface area contributed by atoms with Gasteiger partial charge in [-0.25, -0.2) is 21.5 Å². The number of amides is 4. The van der Waals surface area contributed by atoms with Crippen LogP contribution < -0.4 is 16.4 Å². The molecule has 0 spiro atoms. The summed E-state index contributed by atoms with van der Waals surface area (Å²) < 4.78 is 49.2. The molecule has 4 N–H and O–H groups in total. The van der Waals surface area contributed by atoms with Crippen LogP contribution in [0.3, 0.4) is 0 Å². The third-order valence-electron chi connectivity index (χ3n) is 10.4. The molecule has 3 fully saturated rings. The maximum absolute atomic E-state index is 14.7. The minimum atomic E-state index is -3.51. The van der Waals surface area contributed by atoms with Crippen LogP contribution in [0.2, 0.25) is 0 Å². The van der Waals surface area contributed by atoms with Crippen molar-refractivity contribution in [3.63, 3.8) is 0 Å². The number of hydrogen-bond acceptors (Lipinski definition) is 11. The van der Waals surface area contributed by atoms with Crippen molar-refractivity contribution in [1.82, 2.24) is 30.5 Å². The number of nitrogens with two attached hydrogens (primary N) is 1. The number of benzene rings is 1. The van der Waals surface area contributed by atoms with Crippen LogP contribution in [-0.2, 0) is 44.6 Å². The lowest BCUT2D eigenvalue weighted by Crippen LogP contribution is -2.62. The summed E-state index contributed by atoms with van der Waals surface area (Å²) in [4.78, 5) is 69.1. The third-order valence-corrected chi connectivity index (χ3v) is 12.3. The summed E-state index contributed by atoms with van der Waals surface area (Å²) in [7, 11) is -6.93. The van der Waals surface area contributed by atoms with Gasteiger partial charge in [0.15, 0.2) is 19.7 Å². The number of sulfone groups is 2. The monoisotopic (exact) mass is 761 g/mol. The molecule has 3 atom stereocenters. The van der Waals surface area contributed by atoms with Crippen molar-refractivity contribution in [2.24, 2.45) is 11.7 Å². The highest BCUT2D eigenvalue weighted by atomic mass is 32.2. The topological polar surface area (TPSA) is 238 Å². The second kappa shape index (κ2) is 15.8. The molecule has 52 heavy (non-hydrogen) atoms. The predicted octanol–water partition coefficient (Wildman–Crippen LogP) is 1.01. The van der Waals surface area contributed by atoms with Gasteiger partial charge in [-0.3, -0.25) is 24.0 Å². The number of carbonyl (C=O) groups excluding carboxylic acids is 5. The Labute approximate surface area is 303 Å². The Morgan fingerprint density at radius 1 is 0.942 bits per heavy atom. The number of ketones is 1. The molecule has 5 rings (SSSR count).